The van der Waals surface area contributed by atoms with Gasteiger partial charge in [0.15, 0.2) is 0 Å². The summed E-state index contributed by atoms with van der Waals surface area (Å²) in [6.07, 6.45) is 5.03. The van der Waals surface area contributed by atoms with E-state index in [1.807, 2.05) is 0 Å². The average molecular weight is 257 g/mol. The molecule has 0 aromatic heterocycles. The van der Waals surface area contributed by atoms with Gasteiger partial charge in [0.05, 0.1) is 4.99 Å². The Morgan fingerprint density at radius 1 is 1.41 bits per heavy atom. The van der Waals surface area contributed by atoms with Gasteiger partial charge in [0, 0.05) is 13.0 Å². The fourth-order valence-electron chi connectivity index (χ4n) is 2.26. The number of hydrogen-bond donors (Lipinski definition) is 2. The zero-order chi connectivity index (χ0) is 12.7. The van der Waals surface area contributed by atoms with Gasteiger partial charge in [-0.15, -0.1) is 0 Å². The molecule has 0 bridgehead atoms. The van der Waals surface area contributed by atoms with Crippen molar-refractivity contribution in [2.75, 3.05) is 26.7 Å². The Bertz CT molecular complexity index is 262. The van der Waals surface area contributed by atoms with Crippen LogP contribution >= 0.6 is 12.2 Å². The highest BCUT2D eigenvalue weighted by molar-refractivity contribution is 7.80. The summed E-state index contributed by atoms with van der Waals surface area (Å²) in [4.78, 5) is 14.5. The molecule has 1 aliphatic heterocycles. The van der Waals surface area contributed by atoms with E-state index in [0.29, 0.717) is 4.99 Å². The summed E-state index contributed by atoms with van der Waals surface area (Å²) in [5, 5.41) is 2.73. The maximum absolute atomic E-state index is 11.5. The van der Waals surface area contributed by atoms with Crippen LogP contribution in [0.15, 0.2) is 0 Å². The van der Waals surface area contributed by atoms with E-state index in [4.69, 9.17) is 18.0 Å². The van der Waals surface area contributed by atoms with E-state index in [9.17, 15) is 4.79 Å². The van der Waals surface area contributed by atoms with E-state index >= 15 is 0 Å². The minimum Gasteiger partial charge on any atom is -0.393 e. The van der Waals surface area contributed by atoms with E-state index < -0.39 is 0 Å². The fourth-order valence-corrected chi connectivity index (χ4v) is 2.40. The van der Waals surface area contributed by atoms with Gasteiger partial charge in [0.25, 0.3) is 0 Å². The number of carbonyl (C=O) groups is 1. The van der Waals surface area contributed by atoms with Crippen LogP contribution < -0.4 is 11.1 Å². The molecule has 1 fully saturated rings. The van der Waals surface area contributed by atoms with Crippen molar-refractivity contribution in [3.8, 4) is 0 Å². The lowest BCUT2D eigenvalue weighted by atomic mass is 9.96. The molecule has 0 aromatic carbocycles. The van der Waals surface area contributed by atoms with E-state index in [2.05, 4.69) is 10.2 Å². The molecule has 0 saturated carbocycles. The Labute approximate surface area is 109 Å². The van der Waals surface area contributed by atoms with Crippen molar-refractivity contribution >= 4 is 23.1 Å². The normalized spacial score (nSPS) is 17.9. The summed E-state index contributed by atoms with van der Waals surface area (Å²) in [5.41, 5.74) is 5.45. The lowest BCUT2D eigenvalue weighted by Crippen LogP contribution is -2.39. The number of nitrogens with one attached hydrogen (secondary N) is 1. The van der Waals surface area contributed by atoms with E-state index in [1.54, 1.807) is 7.05 Å². The van der Waals surface area contributed by atoms with Crippen LogP contribution in [-0.2, 0) is 4.79 Å². The predicted molar refractivity (Wildman–Crippen MR) is 73.9 cm³/mol. The monoisotopic (exact) mass is 257 g/mol. The molecule has 0 radical (unpaired) electrons. The van der Waals surface area contributed by atoms with Crippen LogP contribution in [0.3, 0.4) is 0 Å². The number of thiocarbonyl (C=S) groups is 1. The standard InChI is InChI=1S/C12H23N3OS/c1-14-12(16)10-5-8-15(9-6-10)7-3-2-4-11(13)17/h10H,2-9H2,1H3,(H2,13,17)(H,14,16). The molecule has 3 N–H and O–H groups in total. The minimum absolute atomic E-state index is 0.193. The largest absolute Gasteiger partial charge is 0.393 e. The van der Waals surface area contributed by atoms with Crippen molar-refractivity contribution < 1.29 is 4.79 Å². The molecule has 98 valence electrons. The Hall–Kier alpha value is -0.680. The highest BCUT2D eigenvalue weighted by Gasteiger charge is 2.23. The Kier molecular flexibility index (Phi) is 6.44. The van der Waals surface area contributed by atoms with Crippen molar-refractivity contribution in [1.82, 2.24) is 10.2 Å². The second kappa shape index (κ2) is 7.61. The molecule has 1 heterocycles. The van der Waals surface area contributed by atoms with Crippen molar-refractivity contribution in [3.05, 3.63) is 0 Å². The summed E-state index contributed by atoms with van der Waals surface area (Å²) >= 11 is 4.84. The van der Waals surface area contributed by atoms with Crippen molar-refractivity contribution in [3.63, 3.8) is 0 Å². The first-order valence-electron chi connectivity index (χ1n) is 6.35. The molecule has 1 aliphatic rings. The van der Waals surface area contributed by atoms with Gasteiger partial charge in [-0.25, -0.2) is 0 Å². The number of nitrogens with zero attached hydrogens (tertiary/aromatic N) is 1. The Morgan fingerprint density at radius 2 is 2.06 bits per heavy atom. The summed E-state index contributed by atoms with van der Waals surface area (Å²) in [6.45, 7) is 3.17. The van der Waals surface area contributed by atoms with Gasteiger partial charge in [0.1, 0.15) is 0 Å². The van der Waals surface area contributed by atoms with Crippen molar-refractivity contribution in [2.24, 2.45) is 11.7 Å². The lowest BCUT2D eigenvalue weighted by molar-refractivity contribution is -0.125. The number of rotatable bonds is 6. The number of unbranched alkanes of at least 4 members (excludes halogenated alkanes) is 1. The third-order valence-electron chi connectivity index (χ3n) is 3.35. The molecule has 5 heteroatoms. The highest BCUT2D eigenvalue weighted by Crippen LogP contribution is 2.17. The minimum atomic E-state index is 0.193. The summed E-state index contributed by atoms with van der Waals surface area (Å²) in [5.74, 6) is 0.408. The molecule has 0 atom stereocenters. The Morgan fingerprint density at radius 3 is 2.59 bits per heavy atom. The average Bonchev–Trinajstić information content (AvgIpc) is 2.34. The SMILES string of the molecule is CNC(=O)C1CCN(CCCCC(N)=S)CC1. The number of amides is 1. The molecule has 0 aliphatic carbocycles. The van der Waals surface area contributed by atoms with Gasteiger partial charge >= 0.3 is 0 Å². The number of carbonyl (C=O) groups excluding carboxylic acids is 1. The third-order valence-corrected chi connectivity index (χ3v) is 3.56. The second-order valence-electron chi connectivity index (χ2n) is 4.65. The number of piperidine rings is 1. The molecule has 17 heavy (non-hydrogen) atoms. The van der Waals surface area contributed by atoms with Gasteiger partial charge in [-0.2, -0.15) is 0 Å². The number of nitrogens with two attached hydrogens (primary N) is 1. The molecule has 0 aromatic rings. The van der Waals surface area contributed by atoms with Gasteiger partial charge in [-0.05, 0) is 51.7 Å². The zero-order valence-corrected chi connectivity index (χ0v) is 11.4. The number of hydrogen-bond acceptors (Lipinski definition) is 3. The molecule has 0 spiro atoms. The smallest absolute Gasteiger partial charge is 0.222 e. The van der Waals surface area contributed by atoms with Crippen molar-refractivity contribution in [1.29, 1.82) is 0 Å². The van der Waals surface area contributed by atoms with Crippen LogP contribution in [-0.4, -0.2) is 42.5 Å². The van der Waals surface area contributed by atoms with E-state index in [0.717, 1.165) is 51.7 Å². The summed E-state index contributed by atoms with van der Waals surface area (Å²) < 4.78 is 0. The van der Waals surface area contributed by atoms with Crippen LogP contribution in [0.4, 0.5) is 0 Å². The summed E-state index contributed by atoms with van der Waals surface area (Å²) in [7, 11) is 1.71. The fraction of sp³-hybridized carbons (Fsp3) is 0.833. The topological polar surface area (TPSA) is 58.4 Å². The lowest BCUT2D eigenvalue weighted by Gasteiger charge is -2.30. The highest BCUT2D eigenvalue weighted by atomic mass is 32.1. The van der Waals surface area contributed by atoms with Crippen LogP contribution in [0.2, 0.25) is 0 Å². The van der Waals surface area contributed by atoms with Crippen LogP contribution in [0.1, 0.15) is 32.1 Å². The van der Waals surface area contributed by atoms with Gasteiger partial charge in [-0.3, -0.25) is 4.79 Å². The second-order valence-corrected chi connectivity index (χ2v) is 5.18. The zero-order valence-electron chi connectivity index (χ0n) is 10.6. The molecular formula is C12H23N3OS. The van der Waals surface area contributed by atoms with Crippen molar-refractivity contribution in [2.45, 2.75) is 32.1 Å². The first-order valence-corrected chi connectivity index (χ1v) is 6.76. The van der Waals surface area contributed by atoms with E-state index in [1.165, 1.54) is 0 Å². The van der Waals surface area contributed by atoms with Gasteiger partial charge in [0.2, 0.25) is 5.91 Å². The quantitative estimate of drug-likeness (QED) is 0.548. The van der Waals surface area contributed by atoms with Crippen LogP contribution in [0.5, 0.6) is 0 Å². The first kappa shape index (κ1) is 14.4. The third kappa shape index (κ3) is 5.46. The van der Waals surface area contributed by atoms with Gasteiger partial charge < -0.3 is 16.0 Å². The maximum atomic E-state index is 11.5. The molecule has 1 rings (SSSR count). The predicted octanol–water partition coefficient (Wildman–Crippen LogP) is 0.901. The van der Waals surface area contributed by atoms with Crippen LogP contribution in [0.25, 0.3) is 0 Å². The molecule has 1 amide bonds. The van der Waals surface area contributed by atoms with Crippen LogP contribution in [0, 0.1) is 5.92 Å². The van der Waals surface area contributed by atoms with E-state index in [-0.39, 0.29) is 11.8 Å². The number of likely N-dealkylation sites (tertiary alicyclic amines) is 1. The first-order chi connectivity index (χ1) is 8.13. The van der Waals surface area contributed by atoms with Gasteiger partial charge in [-0.1, -0.05) is 12.2 Å². The molecular weight excluding hydrogens is 234 g/mol. The molecule has 0 unspecified atom stereocenters. The molecule has 1 saturated heterocycles. The maximum Gasteiger partial charge on any atom is 0.222 e. The summed E-state index contributed by atoms with van der Waals surface area (Å²) in [6, 6.07) is 0. The Balaban J connectivity index is 2.10. The molecule has 4 nitrogen and oxygen atoms in total.